The third-order valence-electron chi connectivity index (χ3n) is 9.78. The molecule has 0 radical (unpaired) electrons. The molecule has 0 amide bonds. The molecule has 0 saturated heterocycles. The van der Waals surface area contributed by atoms with Crippen molar-refractivity contribution < 1.29 is 42.1 Å². The van der Waals surface area contributed by atoms with Crippen LogP contribution in [-0.4, -0.2) is 70.0 Å². The number of esters is 2. The van der Waals surface area contributed by atoms with Crippen molar-refractivity contribution >= 4 is 19.8 Å². The van der Waals surface area contributed by atoms with Crippen LogP contribution in [0, 0.1) is 0 Å². The molecular weight excluding hydrogens is 822 g/mol. The first-order chi connectivity index (χ1) is 31.0. The van der Waals surface area contributed by atoms with E-state index in [1.165, 1.54) is 25.7 Å². The molecule has 0 rings (SSSR count). The minimum absolute atomic E-state index is 0.0467. The Bertz CT molecular complexity index is 1450. The van der Waals surface area contributed by atoms with Crippen LogP contribution in [0.3, 0.4) is 0 Å². The maximum atomic E-state index is 12.7. The number of hydrogen-bond acceptors (Lipinski definition) is 8. The van der Waals surface area contributed by atoms with Crippen molar-refractivity contribution in [1.29, 1.82) is 0 Å². The van der Waals surface area contributed by atoms with Crippen molar-refractivity contribution in [2.24, 2.45) is 0 Å². The quantitative estimate of drug-likeness (QED) is 0.0195. The fraction of sp³-hybridized carbons (Fsp3) is 0.630. The number of quaternary nitrogens is 1. The van der Waals surface area contributed by atoms with Crippen LogP contribution in [0.2, 0.25) is 0 Å². The van der Waals surface area contributed by atoms with Gasteiger partial charge in [0.2, 0.25) is 0 Å². The van der Waals surface area contributed by atoms with Gasteiger partial charge >= 0.3 is 11.9 Å². The Morgan fingerprint density at radius 2 is 0.891 bits per heavy atom. The molecule has 0 aromatic rings. The maximum Gasteiger partial charge on any atom is 0.306 e. The highest BCUT2D eigenvalue weighted by Crippen LogP contribution is 2.38. The smallest absolute Gasteiger partial charge is 0.306 e. The van der Waals surface area contributed by atoms with E-state index in [2.05, 4.69) is 123 Å². The predicted molar refractivity (Wildman–Crippen MR) is 268 cm³/mol. The Labute approximate surface area is 391 Å². The van der Waals surface area contributed by atoms with Crippen LogP contribution < -0.4 is 4.89 Å². The lowest BCUT2D eigenvalue weighted by Crippen LogP contribution is -2.37. The van der Waals surface area contributed by atoms with Crippen LogP contribution in [0.5, 0.6) is 0 Å². The van der Waals surface area contributed by atoms with Crippen molar-refractivity contribution in [3.8, 4) is 0 Å². The van der Waals surface area contributed by atoms with Crippen LogP contribution in [0.1, 0.15) is 168 Å². The molecule has 0 saturated carbocycles. The highest BCUT2D eigenvalue weighted by Gasteiger charge is 2.21. The number of ether oxygens (including phenoxy) is 2. The van der Waals surface area contributed by atoms with Gasteiger partial charge < -0.3 is 27.9 Å². The van der Waals surface area contributed by atoms with E-state index in [-0.39, 0.29) is 26.1 Å². The number of unbranched alkanes of at least 4 members (excludes halogenated alkanes) is 11. The van der Waals surface area contributed by atoms with Gasteiger partial charge in [0.05, 0.1) is 27.7 Å². The molecule has 0 bridgehead atoms. The molecular formula is C54H90NO8P. The lowest BCUT2D eigenvalue weighted by Gasteiger charge is -2.28. The fourth-order valence-corrected chi connectivity index (χ4v) is 6.69. The van der Waals surface area contributed by atoms with Crippen LogP contribution >= 0.6 is 7.82 Å². The SMILES string of the molecule is CC/C=C\C/C=C\C/C=C\C/C=C\C/C=C\C/C=C\C/C=C\CCCCCC(=O)OC(COC(=O)CCCCCCC/C=C\C/C=C\CCCCC)COP(=O)([O-])OCC[N+](C)(C)C. The molecule has 0 aliphatic carbocycles. The summed E-state index contributed by atoms with van der Waals surface area (Å²) in [5, 5.41) is 0. The van der Waals surface area contributed by atoms with Crippen molar-refractivity contribution in [2.75, 3.05) is 47.5 Å². The monoisotopic (exact) mass is 912 g/mol. The van der Waals surface area contributed by atoms with Gasteiger partial charge in [0.1, 0.15) is 19.8 Å². The molecule has 9 nitrogen and oxygen atoms in total. The van der Waals surface area contributed by atoms with E-state index >= 15 is 0 Å². The number of hydrogen-bond donors (Lipinski definition) is 0. The molecule has 0 heterocycles. The van der Waals surface area contributed by atoms with Crippen LogP contribution in [0.4, 0.5) is 0 Å². The Morgan fingerprint density at radius 3 is 1.34 bits per heavy atom. The van der Waals surface area contributed by atoms with Gasteiger partial charge in [-0.1, -0.05) is 162 Å². The first kappa shape index (κ1) is 60.7. The van der Waals surface area contributed by atoms with Crippen molar-refractivity contribution in [2.45, 2.75) is 174 Å². The van der Waals surface area contributed by atoms with E-state index in [0.717, 1.165) is 103 Å². The summed E-state index contributed by atoms with van der Waals surface area (Å²) in [4.78, 5) is 37.7. The summed E-state index contributed by atoms with van der Waals surface area (Å²) in [6.45, 7) is 4.01. The summed E-state index contributed by atoms with van der Waals surface area (Å²) in [7, 11) is 1.11. The second-order valence-corrected chi connectivity index (χ2v) is 18.5. The Hall–Kier alpha value is -3.33. The zero-order valence-corrected chi connectivity index (χ0v) is 41.8. The van der Waals surface area contributed by atoms with E-state index in [0.29, 0.717) is 23.9 Å². The first-order valence-corrected chi connectivity index (χ1v) is 26.1. The van der Waals surface area contributed by atoms with Gasteiger partial charge in [-0.25, -0.2) is 0 Å². The molecule has 364 valence electrons. The summed E-state index contributed by atoms with van der Waals surface area (Å²) in [5.74, 6) is -0.900. The lowest BCUT2D eigenvalue weighted by atomic mass is 10.1. The third kappa shape index (κ3) is 48.1. The van der Waals surface area contributed by atoms with Crippen molar-refractivity contribution in [1.82, 2.24) is 0 Å². The number of allylic oxidation sites excluding steroid dienone is 18. The summed E-state index contributed by atoms with van der Waals surface area (Å²) in [6.07, 6.45) is 61.2. The zero-order chi connectivity index (χ0) is 47.1. The number of carbonyl (C=O) groups is 2. The number of nitrogens with zero attached hydrogens (tertiary/aromatic N) is 1. The summed E-state index contributed by atoms with van der Waals surface area (Å²) >= 11 is 0. The molecule has 10 heteroatoms. The Balaban J connectivity index is 4.40. The third-order valence-corrected chi connectivity index (χ3v) is 10.7. The Kier molecular flexibility index (Phi) is 42.5. The van der Waals surface area contributed by atoms with Gasteiger partial charge in [0.25, 0.3) is 7.82 Å². The molecule has 0 N–H and O–H groups in total. The van der Waals surface area contributed by atoms with Gasteiger partial charge in [0, 0.05) is 12.8 Å². The largest absolute Gasteiger partial charge is 0.756 e. The molecule has 0 aromatic carbocycles. The molecule has 0 aliphatic heterocycles. The van der Waals surface area contributed by atoms with Gasteiger partial charge in [-0.2, -0.15) is 0 Å². The molecule has 0 fully saturated rings. The lowest BCUT2D eigenvalue weighted by molar-refractivity contribution is -0.870. The highest BCUT2D eigenvalue weighted by molar-refractivity contribution is 7.45. The topological polar surface area (TPSA) is 111 Å². The average molecular weight is 912 g/mol. The van der Waals surface area contributed by atoms with Crippen LogP contribution in [0.15, 0.2) is 109 Å². The number of phosphoric acid groups is 1. The van der Waals surface area contributed by atoms with Gasteiger partial charge in [-0.05, 0) is 103 Å². The first-order valence-electron chi connectivity index (χ1n) is 24.6. The number of rotatable bonds is 43. The van der Waals surface area contributed by atoms with E-state index in [9.17, 15) is 19.0 Å². The predicted octanol–water partition coefficient (Wildman–Crippen LogP) is 14.1. The van der Waals surface area contributed by atoms with E-state index < -0.39 is 32.5 Å². The standard InChI is InChI=1S/C54H90NO8P/c1-6-8-10-12-14-16-18-20-22-23-24-25-26-27-28-29-30-31-33-35-37-39-41-43-45-47-54(57)63-52(51-62-64(58,59)61-49-48-55(3,4)5)50-60-53(56)46-44-42-40-38-36-34-32-21-19-17-15-13-11-9-7-2/h8,10,14-17,20-22,24-25,27-28,30-32,35,37,52H,6-7,9,11-13,18-19,23,26,29,33-34,36,38-51H2,1-5H3/b10-8-,16-14-,17-15-,22-20-,25-24-,28-27-,31-30-,32-21-,37-35-. The van der Waals surface area contributed by atoms with Crippen molar-refractivity contribution in [3.05, 3.63) is 109 Å². The molecule has 2 atom stereocenters. The second kappa shape index (κ2) is 44.9. The Morgan fingerprint density at radius 1 is 0.500 bits per heavy atom. The van der Waals surface area contributed by atoms with E-state index in [1.54, 1.807) is 0 Å². The van der Waals surface area contributed by atoms with Gasteiger partial charge in [-0.15, -0.1) is 0 Å². The zero-order valence-electron chi connectivity index (χ0n) is 40.9. The fourth-order valence-electron chi connectivity index (χ4n) is 5.96. The summed E-state index contributed by atoms with van der Waals surface area (Å²) in [6, 6.07) is 0. The average Bonchev–Trinajstić information content (AvgIpc) is 3.25. The van der Waals surface area contributed by atoms with E-state index in [1.807, 2.05) is 21.1 Å². The van der Waals surface area contributed by atoms with Crippen molar-refractivity contribution in [3.63, 3.8) is 0 Å². The summed E-state index contributed by atoms with van der Waals surface area (Å²) in [5.41, 5.74) is 0. The molecule has 64 heavy (non-hydrogen) atoms. The van der Waals surface area contributed by atoms with E-state index in [4.69, 9.17) is 18.5 Å². The number of carbonyl (C=O) groups excluding carboxylic acids is 2. The van der Waals surface area contributed by atoms with Crippen LogP contribution in [-0.2, 0) is 32.7 Å². The maximum absolute atomic E-state index is 12.7. The van der Waals surface area contributed by atoms with Gasteiger partial charge in [-0.3, -0.25) is 14.2 Å². The van der Waals surface area contributed by atoms with Gasteiger partial charge in [0.15, 0.2) is 6.10 Å². The van der Waals surface area contributed by atoms with Crippen LogP contribution in [0.25, 0.3) is 0 Å². The molecule has 0 aromatic heterocycles. The number of phosphoric ester groups is 1. The molecule has 0 aliphatic rings. The summed E-state index contributed by atoms with van der Waals surface area (Å²) < 4.78 is 33.9. The normalized spacial score (nSPS) is 14.4. The molecule has 0 spiro atoms. The number of likely N-dealkylation sites (N-methyl/N-ethyl adjacent to an activating group) is 1. The highest BCUT2D eigenvalue weighted by atomic mass is 31.2. The minimum atomic E-state index is -4.65. The minimum Gasteiger partial charge on any atom is -0.756 e. The second-order valence-electron chi connectivity index (χ2n) is 17.1. The molecule has 2 unspecified atom stereocenters.